The number of carbonyl (C=O) groups excluding carboxylic acids is 1. The van der Waals surface area contributed by atoms with Crippen LogP contribution < -0.4 is 0 Å². The lowest BCUT2D eigenvalue weighted by atomic mass is 10.2. The number of rotatable bonds is 5. The van der Waals surface area contributed by atoms with Crippen molar-refractivity contribution in [3.05, 3.63) is 0 Å². The smallest absolute Gasteiger partial charge is 0.431 e. The van der Waals surface area contributed by atoms with Gasteiger partial charge in [-0.2, -0.15) is 0 Å². The summed E-state index contributed by atoms with van der Waals surface area (Å²) in [5.41, 5.74) is 0. The Morgan fingerprint density at radius 1 is 1.15 bits per heavy atom. The Kier molecular flexibility index (Phi) is 6.37. The second-order valence-electron chi connectivity index (χ2n) is 3.30. The Balaban J connectivity index is 3.61. The predicted octanol–water partition coefficient (Wildman–Crippen LogP) is 3.13. The molecule has 0 aliphatic carbocycles. The molecule has 0 saturated heterocycles. The first-order chi connectivity index (χ1) is 6.10. The average molecular weight is 188 g/mol. The number of hydrogen-bond acceptors (Lipinski definition) is 3. The van der Waals surface area contributed by atoms with Crippen LogP contribution in [0.4, 0.5) is 4.79 Å². The molecule has 2 unspecified atom stereocenters. The Hall–Kier alpha value is -0.730. The van der Waals surface area contributed by atoms with Gasteiger partial charge < -0.3 is 9.47 Å². The van der Waals surface area contributed by atoms with Gasteiger partial charge in [-0.1, -0.05) is 20.3 Å². The summed E-state index contributed by atoms with van der Waals surface area (Å²) in [5, 5.41) is 0. The van der Waals surface area contributed by atoms with Crippen molar-refractivity contribution in [2.75, 3.05) is 0 Å². The molecule has 0 N–H and O–H groups in total. The summed E-state index contributed by atoms with van der Waals surface area (Å²) >= 11 is 0. The normalized spacial score (nSPS) is 14.8. The van der Waals surface area contributed by atoms with Crippen LogP contribution in [0.25, 0.3) is 0 Å². The van der Waals surface area contributed by atoms with E-state index in [4.69, 9.17) is 9.47 Å². The highest BCUT2D eigenvalue weighted by molar-refractivity contribution is 5.60. The Morgan fingerprint density at radius 2 is 1.69 bits per heavy atom. The first-order valence-corrected chi connectivity index (χ1v) is 4.97. The van der Waals surface area contributed by atoms with Crippen LogP contribution in [0.1, 0.15) is 47.0 Å². The molecule has 0 aliphatic rings. The molecule has 2 atom stereocenters. The fourth-order valence-corrected chi connectivity index (χ4v) is 0.905. The van der Waals surface area contributed by atoms with E-state index in [1.807, 2.05) is 20.8 Å². The van der Waals surface area contributed by atoms with Gasteiger partial charge in [-0.15, -0.1) is 0 Å². The van der Waals surface area contributed by atoms with E-state index in [9.17, 15) is 4.79 Å². The van der Waals surface area contributed by atoms with Gasteiger partial charge in [-0.05, 0) is 26.7 Å². The summed E-state index contributed by atoms with van der Waals surface area (Å²) in [4.78, 5) is 11.1. The molecule has 0 heterocycles. The maximum Gasteiger partial charge on any atom is 0.508 e. The van der Waals surface area contributed by atoms with Crippen LogP contribution in [0.3, 0.4) is 0 Å². The van der Waals surface area contributed by atoms with Crippen molar-refractivity contribution in [3.8, 4) is 0 Å². The average Bonchev–Trinajstić information content (AvgIpc) is 2.04. The van der Waals surface area contributed by atoms with Gasteiger partial charge in [0.15, 0.2) is 0 Å². The second kappa shape index (κ2) is 6.75. The lowest BCUT2D eigenvalue weighted by Gasteiger charge is -2.14. The van der Waals surface area contributed by atoms with Gasteiger partial charge in [0.2, 0.25) is 0 Å². The third-order valence-electron chi connectivity index (χ3n) is 1.86. The van der Waals surface area contributed by atoms with E-state index in [0.717, 1.165) is 19.3 Å². The van der Waals surface area contributed by atoms with Crippen molar-refractivity contribution in [2.45, 2.75) is 59.2 Å². The van der Waals surface area contributed by atoms with Crippen molar-refractivity contribution in [3.63, 3.8) is 0 Å². The minimum absolute atomic E-state index is 0.0402. The monoisotopic (exact) mass is 188 g/mol. The number of carbonyl (C=O) groups is 1. The van der Waals surface area contributed by atoms with Crippen molar-refractivity contribution in [1.82, 2.24) is 0 Å². The molecule has 0 aromatic heterocycles. The predicted molar refractivity (Wildman–Crippen MR) is 51.7 cm³/mol. The zero-order valence-corrected chi connectivity index (χ0v) is 9.00. The molecule has 13 heavy (non-hydrogen) atoms. The second-order valence-corrected chi connectivity index (χ2v) is 3.30. The standard InChI is InChI=1S/C10H20O3/c1-5-7-9(4)13-10(11)12-8(3)6-2/h8-9H,5-7H2,1-4H3. The third-order valence-corrected chi connectivity index (χ3v) is 1.86. The summed E-state index contributed by atoms with van der Waals surface area (Å²) in [7, 11) is 0. The van der Waals surface area contributed by atoms with Gasteiger partial charge in [-0.3, -0.25) is 0 Å². The van der Waals surface area contributed by atoms with Gasteiger partial charge in [-0.25, -0.2) is 4.79 Å². The van der Waals surface area contributed by atoms with Crippen molar-refractivity contribution < 1.29 is 14.3 Å². The largest absolute Gasteiger partial charge is 0.508 e. The van der Waals surface area contributed by atoms with Crippen LogP contribution in [0, 0.1) is 0 Å². The van der Waals surface area contributed by atoms with Gasteiger partial charge >= 0.3 is 6.16 Å². The van der Waals surface area contributed by atoms with E-state index < -0.39 is 6.16 Å². The summed E-state index contributed by atoms with van der Waals surface area (Å²) in [5.74, 6) is 0. The highest BCUT2D eigenvalue weighted by Gasteiger charge is 2.12. The molecule has 0 radical (unpaired) electrons. The molecular weight excluding hydrogens is 168 g/mol. The van der Waals surface area contributed by atoms with E-state index in [1.165, 1.54) is 0 Å². The summed E-state index contributed by atoms with van der Waals surface area (Å²) < 4.78 is 9.96. The fraction of sp³-hybridized carbons (Fsp3) is 0.900. The molecule has 0 saturated carbocycles. The maximum absolute atomic E-state index is 11.1. The van der Waals surface area contributed by atoms with Gasteiger partial charge in [0, 0.05) is 0 Å². The van der Waals surface area contributed by atoms with Crippen LogP contribution in [-0.2, 0) is 9.47 Å². The molecular formula is C10H20O3. The highest BCUT2D eigenvalue weighted by Crippen LogP contribution is 2.05. The summed E-state index contributed by atoms with van der Waals surface area (Å²) in [6, 6.07) is 0. The van der Waals surface area contributed by atoms with Crippen LogP contribution in [0.15, 0.2) is 0 Å². The molecule has 0 spiro atoms. The van der Waals surface area contributed by atoms with Crippen LogP contribution in [-0.4, -0.2) is 18.4 Å². The summed E-state index contributed by atoms with van der Waals surface area (Å²) in [6.07, 6.45) is 2.07. The molecule has 0 bridgehead atoms. The van der Waals surface area contributed by atoms with Crippen molar-refractivity contribution >= 4 is 6.16 Å². The SMILES string of the molecule is CCCC(C)OC(=O)OC(C)CC. The first-order valence-electron chi connectivity index (χ1n) is 4.97. The zero-order chi connectivity index (χ0) is 10.3. The quantitative estimate of drug-likeness (QED) is 0.622. The van der Waals surface area contributed by atoms with Gasteiger partial charge in [0.05, 0.1) is 0 Å². The lowest BCUT2D eigenvalue weighted by molar-refractivity contribution is 0.00474. The van der Waals surface area contributed by atoms with Crippen LogP contribution >= 0.6 is 0 Å². The van der Waals surface area contributed by atoms with E-state index in [1.54, 1.807) is 0 Å². The van der Waals surface area contributed by atoms with E-state index in [-0.39, 0.29) is 12.2 Å². The molecule has 3 heteroatoms. The Labute approximate surface area is 80.4 Å². The molecule has 78 valence electrons. The fourth-order valence-electron chi connectivity index (χ4n) is 0.905. The lowest BCUT2D eigenvalue weighted by Crippen LogP contribution is -2.20. The minimum Gasteiger partial charge on any atom is -0.431 e. The Bertz CT molecular complexity index is 145. The van der Waals surface area contributed by atoms with Crippen molar-refractivity contribution in [1.29, 1.82) is 0 Å². The molecule has 0 fully saturated rings. The minimum atomic E-state index is -0.546. The topological polar surface area (TPSA) is 35.5 Å². The molecule has 0 rings (SSSR count). The van der Waals surface area contributed by atoms with E-state index in [0.29, 0.717) is 0 Å². The van der Waals surface area contributed by atoms with Gasteiger partial charge in [0.25, 0.3) is 0 Å². The van der Waals surface area contributed by atoms with E-state index >= 15 is 0 Å². The molecule has 0 aromatic rings. The maximum atomic E-state index is 11.1. The Morgan fingerprint density at radius 3 is 2.15 bits per heavy atom. The molecule has 0 amide bonds. The third kappa shape index (κ3) is 6.43. The number of hydrogen-bond donors (Lipinski definition) is 0. The van der Waals surface area contributed by atoms with Gasteiger partial charge in [0.1, 0.15) is 12.2 Å². The molecule has 3 nitrogen and oxygen atoms in total. The van der Waals surface area contributed by atoms with E-state index in [2.05, 4.69) is 6.92 Å². The zero-order valence-electron chi connectivity index (χ0n) is 9.00. The van der Waals surface area contributed by atoms with Crippen LogP contribution in [0.5, 0.6) is 0 Å². The summed E-state index contributed by atoms with van der Waals surface area (Å²) in [6.45, 7) is 7.75. The molecule has 0 aromatic carbocycles. The van der Waals surface area contributed by atoms with Crippen molar-refractivity contribution in [2.24, 2.45) is 0 Å². The molecule has 0 aliphatic heterocycles. The highest BCUT2D eigenvalue weighted by atomic mass is 16.7. The first kappa shape index (κ1) is 12.3. The van der Waals surface area contributed by atoms with Crippen LogP contribution in [0.2, 0.25) is 0 Å². The number of ether oxygens (including phenoxy) is 2.